The Labute approximate surface area is 112 Å². The number of likely N-dealkylation sites (tertiary alicyclic amines) is 1. The number of piperidine rings is 1. The van der Waals surface area contributed by atoms with Crippen LogP contribution in [0, 0.1) is 0 Å². The Morgan fingerprint density at radius 2 is 2.00 bits per heavy atom. The molecule has 0 aromatic heterocycles. The number of halogens is 1. The molecule has 0 aliphatic carbocycles. The maximum Gasteiger partial charge on any atom is 0.0223 e. The van der Waals surface area contributed by atoms with E-state index in [1.165, 1.54) is 64.6 Å². The van der Waals surface area contributed by atoms with E-state index in [0.717, 1.165) is 11.9 Å². The minimum Gasteiger partial charge on any atom is -0.306 e. The van der Waals surface area contributed by atoms with Crippen LogP contribution in [0.5, 0.6) is 0 Å². The van der Waals surface area contributed by atoms with E-state index >= 15 is 0 Å². The molecule has 1 aliphatic rings. The third-order valence-corrected chi connectivity index (χ3v) is 4.21. The second kappa shape index (κ2) is 9.18. The highest BCUT2D eigenvalue weighted by molar-refractivity contribution is 6.17. The number of hydrogen-bond acceptors (Lipinski definition) is 2. The largest absolute Gasteiger partial charge is 0.306 e. The molecule has 17 heavy (non-hydrogen) atoms. The number of rotatable bonds is 8. The smallest absolute Gasteiger partial charge is 0.0223 e. The quantitative estimate of drug-likeness (QED) is 0.489. The van der Waals surface area contributed by atoms with Crippen LogP contribution >= 0.6 is 11.6 Å². The topological polar surface area (TPSA) is 6.48 Å². The van der Waals surface area contributed by atoms with E-state index in [1.807, 2.05) is 0 Å². The van der Waals surface area contributed by atoms with Crippen LogP contribution in [0.3, 0.4) is 0 Å². The van der Waals surface area contributed by atoms with Crippen molar-refractivity contribution in [3.63, 3.8) is 0 Å². The predicted octanol–water partition coefficient (Wildman–Crippen LogP) is 3.20. The van der Waals surface area contributed by atoms with Gasteiger partial charge in [0.1, 0.15) is 0 Å². The van der Waals surface area contributed by atoms with Gasteiger partial charge in [0.05, 0.1) is 0 Å². The third-order valence-electron chi connectivity index (χ3n) is 3.94. The first-order chi connectivity index (χ1) is 8.24. The second-order valence-electron chi connectivity index (χ2n) is 5.47. The van der Waals surface area contributed by atoms with Gasteiger partial charge in [0.15, 0.2) is 0 Å². The van der Waals surface area contributed by atoms with Gasteiger partial charge < -0.3 is 9.80 Å². The summed E-state index contributed by atoms with van der Waals surface area (Å²) in [6, 6.07) is 0.828. The van der Waals surface area contributed by atoms with E-state index in [0.29, 0.717) is 0 Å². The SMILES string of the molecule is CN(CCCCCCl)CCC1CCCCN1C. The molecule has 102 valence electrons. The Kier molecular flexibility index (Phi) is 8.25. The van der Waals surface area contributed by atoms with Gasteiger partial charge in [-0.1, -0.05) is 12.8 Å². The van der Waals surface area contributed by atoms with Crippen LogP contribution in [0.4, 0.5) is 0 Å². The molecule has 0 aromatic carbocycles. The van der Waals surface area contributed by atoms with Gasteiger partial charge in [-0.25, -0.2) is 0 Å². The summed E-state index contributed by atoms with van der Waals surface area (Å²) in [6.07, 6.45) is 9.29. The lowest BCUT2D eigenvalue weighted by Crippen LogP contribution is -2.38. The van der Waals surface area contributed by atoms with E-state index < -0.39 is 0 Å². The van der Waals surface area contributed by atoms with Gasteiger partial charge in [0.25, 0.3) is 0 Å². The van der Waals surface area contributed by atoms with Crippen LogP contribution in [0.2, 0.25) is 0 Å². The zero-order valence-corrected chi connectivity index (χ0v) is 12.4. The molecule has 1 unspecified atom stereocenters. The molecule has 1 heterocycles. The molecule has 1 fully saturated rings. The highest BCUT2D eigenvalue weighted by Gasteiger charge is 2.18. The molecule has 1 atom stereocenters. The number of unbranched alkanes of at least 4 members (excludes halogenated alkanes) is 2. The van der Waals surface area contributed by atoms with Crippen molar-refractivity contribution in [3.05, 3.63) is 0 Å². The van der Waals surface area contributed by atoms with E-state index in [1.54, 1.807) is 0 Å². The molecule has 0 spiro atoms. The summed E-state index contributed by atoms with van der Waals surface area (Å²) in [5, 5.41) is 0. The molecule has 3 heteroatoms. The number of nitrogens with zero attached hydrogens (tertiary/aromatic N) is 2. The Balaban J connectivity index is 2.03. The number of hydrogen-bond donors (Lipinski definition) is 0. The van der Waals surface area contributed by atoms with Crippen molar-refractivity contribution in [2.24, 2.45) is 0 Å². The molecule has 0 saturated carbocycles. The van der Waals surface area contributed by atoms with Crippen LogP contribution in [0.25, 0.3) is 0 Å². The molecule has 1 saturated heterocycles. The Bertz CT molecular complexity index is 187. The molecular weight excluding hydrogens is 232 g/mol. The van der Waals surface area contributed by atoms with E-state index in [-0.39, 0.29) is 0 Å². The summed E-state index contributed by atoms with van der Waals surface area (Å²) in [6.45, 7) is 3.77. The van der Waals surface area contributed by atoms with Crippen LogP contribution in [0.1, 0.15) is 44.9 Å². The monoisotopic (exact) mass is 260 g/mol. The molecular formula is C14H29ClN2. The average Bonchev–Trinajstić information content (AvgIpc) is 2.34. The fourth-order valence-corrected chi connectivity index (χ4v) is 2.83. The highest BCUT2D eigenvalue weighted by atomic mass is 35.5. The van der Waals surface area contributed by atoms with Gasteiger partial charge in [-0.2, -0.15) is 0 Å². The van der Waals surface area contributed by atoms with Crippen molar-refractivity contribution >= 4 is 11.6 Å². The molecule has 0 amide bonds. The minimum atomic E-state index is 0.816. The van der Waals surface area contributed by atoms with Crippen LogP contribution < -0.4 is 0 Å². The molecule has 2 nitrogen and oxygen atoms in total. The van der Waals surface area contributed by atoms with Crippen LogP contribution in [-0.2, 0) is 0 Å². The van der Waals surface area contributed by atoms with Crippen molar-refractivity contribution in [2.45, 2.75) is 51.0 Å². The van der Waals surface area contributed by atoms with Gasteiger partial charge in [0.2, 0.25) is 0 Å². The molecule has 0 aromatic rings. The summed E-state index contributed by atoms with van der Waals surface area (Å²) in [5.41, 5.74) is 0. The van der Waals surface area contributed by atoms with Gasteiger partial charge in [-0.05, 0) is 65.8 Å². The lowest BCUT2D eigenvalue weighted by molar-refractivity contribution is 0.160. The Morgan fingerprint density at radius 1 is 1.18 bits per heavy atom. The summed E-state index contributed by atoms with van der Waals surface area (Å²) >= 11 is 5.68. The number of alkyl halides is 1. The molecule has 1 rings (SSSR count). The van der Waals surface area contributed by atoms with Crippen molar-refractivity contribution in [1.29, 1.82) is 0 Å². The van der Waals surface area contributed by atoms with Gasteiger partial charge >= 0.3 is 0 Å². The zero-order valence-electron chi connectivity index (χ0n) is 11.6. The molecule has 0 N–H and O–H groups in total. The van der Waals surface area contributed by atoms with Crippen LogP contribution in [0.15, 0.2) is 0 Å². The minimum absolute atomic E-state index is 0.816. The Morgan fingerprint density at radius 3 is 2.71 bits per heavy atom. The fraction of sp³-hybridized carbons (Fsp3) is 1.00. The second-order valence-corrected chi connectivity index (χ2v) is 5.85. The maximum absolute atomic E-state index is 5.68. The summed E-state index contributed by atoms with van der Waals surface area (Å²) < 4.78 is 0. The van der Waals surface area contributed by atoms with Crippen molar-refractivity contribution < 1.29 is 0 Å². The highest BCUT2D eigenvalue weighted by Crippen LogP contribution is 2.17. The normalized spacial score (nSPS) is 22.2. The van der Waals surface area contributed by atoms with Crippen LogP contribution in [-0.4, -0.2) is 55.5 Å². The van der Waals surface area contributed by atoms with E-state index in [4.69, 9.17) is 11.6 Å². The van der Waals surface area contributed by atoms with Gasteiger partial charge in [0, 0.05) is 11.9 Å². The summed E-state index contributed by atoms with van der Waals surface area (Å²) in [4.78, 5) is 5.03. The first kappa shape index (κ1) is 15.3. The molecule has 0 bridgehead atoms. The van der Waals surface area contributed by atoms with Gasteiger partial charge in [-0.15, -0.1) is 11.6 Å². The van der Waals surface area contributed by atoms with Crippen molar-refractivity contribution in [2.75, 3.05) is 39.6 Å². The van der Waals surface area contributed by atoms with Crippen molar-refractivity contribution in [3.8, 4) is 0 Å². The van der Waals surface area contributed by atoms with Crippen molar-refractivity contribution in [1.82, 2.24) is 9.80 Å². The first-order valence-electron chi connectivity index (χ1n) is 7.19. The van der Waals surface area contributed by atoms with E-state index in [2.05, 4.69) is 23.9 Å². The maximum atomic E-state index is 5.68. The first-order valence-corrected chi connectivity index (χ1v) is 7.72. The standard InChI is InChI=1S/C14H29ClN2/c1-16(11-6-3-5-10-15)13-9-14-8-4-7-12-17(14)2/h14H,3-13H2,1-2H3. The summed E-state index contributed by atoms with van der Waals surface area (Å²) in [5.74, 6) is 0.816. The van der Waals surface area contributed by atoms with E-state index in [9.17, 15) is 0 Å². The lowest BCUT2D eigenvalue weighted by Gasteiger charge is -2.33. The average molecular weight is 261 g/mol. The fourth-order valence-electron chi connectivity index (χ4n) is 2.64. The Hall–Kier alpha value is 0.210. The zero-order chi connectivity index (χ0) is 12.5. The predicted molar refractivity (Wildman–Crippen MR) is 77.0 cm³/mol. The lowest BCUT2D eigenvalue weighted by atomic mass is 10.00. The molecule has 1 aliphatic heterocycles. The third kappa shape index (κ3) is 6.64. The molecule has 0 radical (unpaired) electrons. The summed E-state index contributed by atoms with van der Waals surface area (Å²) in [7, 11) is 4.54. The van der Waals surface area contributed by atoms with Gasteiger partial charge in [-0.3, -0.25) is 0 Å².